The zero-order valence-electron chi connectivity index (χ0n) is 11.7. The maximum Gasteiger partial charge on any atom is 0.273 e. The Morgan fingerprint density at radius 1 is 1.14 bits per heavy atom. The summed E-state index contributed by atoms with van der Waals surface area (Å²) < 4.78 is 1.46. The first-order valence-electron chi connectivity index (χ1n) is 6.36. The van der Waals surface area contributed by atoms with Crippen LogP contribution in [0.4, 0.5) is 5.82 Å². The average molecular weight is 282 g/mol. The largest absolute Gasteiger partial charge is 0.381 e. The molecule has 2 N–H and O–H groups in total. The Hall–Kier alpha value is -2.96. The van der Waals surface area contributed by atoms with Crippen molar-refractivity contribution >= 4 is 22.8 Å². The quantitative estimate of drug-likeness (QED) is 0.760. The fourth-order valence-electron chi connectivity index (χ4n) is 1.96. The van der Waals surface area contributed by atoms with Crippen molar-refractivity contribution in [2.45, 2.75) is 0 Å². The topological polar surface area (TPSA) is 89.9 Å². The average Bonchev–Trinajstić information content (AvgIpc) is 2.95. The molecule has 0 atom stereocenters. The lowest BCUT2D eigenvalue weighted by atomic mass is 10.3. The van der Waals surface area contributed by atoms with Gasteiger partial charge in [0.25, 0.3) is 5.91 Å². The molecule has 0 bridgehead atoms. The minimum atomic E-state index is -0.180. The summed E-state index contributed by atoms with van der Waals surface area (Å²) in [6, 6.07) is 9.06. The van der Waals surface area contributed by atoms with E-state index in [-0.39, 0.29) is 11.7 Å². The minimum absolute atomic E-state index is 0.180. The van der Waals surface area contributed by atoms with E-state index in [9.17, 15) is 4.79 Å². The molecule has 0 fully saturated rings. The lowest BCUT2D eigenvalue weighted by molar-refractivity contribution is 0.0821. The van der Waals surface area contributed by atoms with Gasteiger partial charge in [0, 0.05) is 20.3 Å². The third-order valence-corrected chi connectivity index (χ3v) is 3.01. The zero-order chi connectivity index (χ0) is 15.0. The smallest absolute Gasteiger partial charge is 0.273 e. The Balaban J connectivity index is 2.08. The maximum absolute atomic E-state index is 11.9. The van der Waals surface area contributed by atoms with Crippen LogP contribution in [0.5, 0.6) is 0 Å². The van der Waals surface area contributed by atoms with Gasteiger partial charge in [-0.1, -0.05) is 12.1 Å². The van der Waals surface area contributed by atoms with Gasteiger partial charge in [0.05, 0.1) is 11.0 Å². The molecule has 0 saturated heterocycles. The maximum atomic E-state index is 11.9. The number of hydrogen-bond donors (Lipinski definition) is 1. The van der Waals surface area contributed by atoms with Gasteiger partial charge in [0.1, 0.15) is 0 Å². The summed E-state index contributed by atoms with van der Waals surface area (Å²) in [4.78, 5) is 22.1. The van der Waals surface area contributed by atoms with Crippen molar-refractivity contribution in [2.24, 2.45) is 0 Å². The van der Waals surface area contributed by atoms with Crippen LogP contribution in [0.1, 0.15) is 10.5 Å². The highest BCUT2D eigenvalue weighted by molar-refractivity contribution is 5.91. The molecule has 0 spiro atoms. The molecule has 0 saturated carbocycles. The Labute approximate surface area is 121 Å². The molecule has 21 heavy (non-hydrogen) atoms. The number of fused-ring (bicyclic) bond motifs is 1. The molecule has 1 aromatic carbocycles. The lowest BCUT2D eigenvalue weighted by Crippen LogP contribution is -2.22. The Bertz CT molecular complexity index is 823. The van der Waals surface area contributed by atoms with E-state index in [1.165, 1.54) is 9.58 Å². The molecule has 2 aromatic heterocycles. The number of carbonyl (C=O) groups excluding carboxylic acids is 1. The summed E-state index contributed by atoms with van der Waals surface area (Å²) >= 11 is 0. The summed E-state index contributed by atoms with van der Waals surface area (Å²) in [5.41, 5.74) is 7.70. The van der Waals surface area contributed by atoms with E-state index < -0.39 is 0 Å². The number of hydrogen-bond acceptors (Lipinski definition) is 5. The summed E-state index contributed by atoms with van der Waals surface area (Å²) in [5.74, 6) is 0.494. The summed E-state index contributed by atoms with van der Waals surface area (Å²) in [7, 11) is 3.34. The van der Waals surface area contributed by atoms with Gasteiger partial charge < -0.3 is 10.6 Å². The number of nitrogens with zero attached hydrogens (tertiary/aromatic N) is 5. The Morgan fingerprint density at radius 2 is 1.81 bits per heavy atom. The molecule has 0 radical (unpaired) electrons. The van der Waals surface area contributed by atoms with Gasteiger partial charge in [0.2, 0.25) is 0 Å². The van der Waals surface area contributed by atoms with Crippen molar-refractivity contribution in [3.05, 3.63) is 42.2 Å². The third kappa shape index (κ3) is 2.29. The molecule has 106 valence electrons. The molecule has 2 heterocycles. The van der Waals surface area contributed by atoms with Crippen LogP contribution in [-0.2, 0) is 0 Å². The van der Waals surface area contributed by atoms with Gasteiger partial charge in [-0.05, 0) is 18.2 Å². The normalized spacial score (nSPS) is 10.8. The van der Waals surface area contributed by atoms with Gasteiger partial charge in [-0.25, -0.2) is 14.6 Å². The SMILES string of the molecule is CN(C)C(=O)c1ccn(-c2nc3ccccc3nc2N)n1. The molecule has 0 aliphatic carbocycles. The zero-order valence-corrected chi connectivity index (χ0v) is 11.7. The van der Waals surface area contributed by atoms with E-state index in [1.54, 1.807) is 26.4 Å². The van der Waals surface area contributed by atoms with Crippen LogP contribution in [0.25, 0.3) is 16.9 Å². The molecule has 3 aromatic rings. The second kappa shape index (κ2) is 4.86. The summed E-state index contributed by atoms with van der Waals surface area (Å²) in [5, 5.41) is 4.21. The van der Waals surface area contributed by atoms with Crippen LogP contribution < -0.4 is 5.73 Å². The van der Waals surface area contributed by atoms with Gasteiger partial charge >= 0.3 is 0 Å². The van der Waals surface area contributed by atoms with Gasteiger partial charge in [0.15, 0.2) is 17.3 Å². The number of aromatic nitrogens is 4. The lowest BCUT2D eigenvalue weighted by Gasteiger charge is -2.08. The number of benzene rings is 1. The molecule has 7 heteroatoms. The van der Waals surface area contributed by atoms with Crippen molar-refractivity contribution in [1.82, 2.24) is 24.6 Å². The molecule has 7 nitrogen and oxygen atoms in total. The first kappa shape index (κ1) is 13.0. The second-order valence-corrected chi connectivity index (χ2v) is 4.77. The van der Waals surface area contributed by atoms with Gasteiger partial charge in [-0.2, -0.15) is 5.10 Å². The highest BCUT2D eigenvalue weighted by atomic mass is 16.2. The van der Waals surface area contributed by atoms with E-state index >= 15 is 0 Å². The van der Waals surface area contributed by atoms with Crippen molar-refractivity contribution in [3.63, 3.8) is 0 Å². The highest BCUT2D eigenvalue weighted by Gasteiger charge is 2.14. The van der Waals surface area contributed by atoms with Crippen LogP contribution in [0.15, 0.2) is 36.5 Å². The van der Waals surface area contributed by atoms with Crippen molar-refractivity contribution in [1.29, 1.82) is 0 Å². The van der Waals surface area contributed by atoms with Crippen molar-refractivity contribution in [2.75, 3.05) is 19.8 Å². The Morgan fingerprint density at radius 3 is 2.48 bits per heavy atom. The van der Waals surface area contributed by atoms with E-state index in [1.807, 2.05) is 24.3 Å². The fourth-order valence-corrected chi connectivity index (χ4v) is 1.96. The molecule has 0 aliphatic heterocycles. The number of nitrogens with two attached hydrogens (primary N) is 1. The molecule has 1 amide bonds. The third-order valence-electron chi connectivity index (χ3n) is 3.01. The number of carbonyl (C=O) groups is 1. The fraction of sp³-hybridized carbons (Fsp3) is 0.143. The van der Waals surface area contributed by atoms with Crippen LogP contribution in [-0.4, -0.2) is 44.7 Å². The van der Waals surface area contributed by atoms with E-state index in [2.05, 4.69) is 15.1 Å². The van der Waals surface area contributed by atoms with Crippen LogP contribution >= 0.6 is 0 Å². The number of rotatable bonds is 2. The number of para-hydroxylation sites is 2. The van der Waals surface area contributed by atoms with Crippen molar-refractivity contribution in [3.8, 4) is 5.82 Å². The Kier molecular flexibility index (Phi) is 3.02. The number of anilines is 1. The molecule has 0 unspecified atom stereocenters. The highest BCUT2D eigenvalue weighted by Crippen LogP contribution is 2.17. The van der Waals surface area contributed by atoms with E-state index in [4.69, 9.17) is 5.73 Å². The second-order valence-electron chi connectivity index (χ2n) is 4.77. The molecule has 3 rings (SSSR count). The van der Waals surface area contributed by atoms with Crippen LogP contribution in [0.2, 0.25) is 0 Å². The number of amides is 1. The molecular formula is C14H14N6O. The minimum Gasteiger partial charge on any atom is -0.381 e. The number of nitrogen functional groups attached to an aromatic ring is 1. The van der Waals surface area contributed by atoms with E-state index in [0.29, 0.717) is 11.5 Å². The van der Waals surface area contributed by atoms with Gasteiger partial charge in [-0.3, -0.25) is 4.79 Å². The molecular weight excluding hydrogens is 268 g/mol. The van der Waals surface area contributed by atoms with Gasteiger partial charge in [-0.15, -0.1) is 0 Å². The van der Waals surface area contributed by atoms with E-state index in [0.717, 1.165) is 11.0 Å². The first-order chi connectivity index (χ1) is 10.1. The predicted octanol–water partition coefficient (Wildman–Crippen LogP) is 1.10. The first-order valence-corrected chi connectivity index (χ1v) is 6.36. The standard InChI is InChI=1S/C14H14N6O/c1-19(2)14(21)11-7-8-20(18-11)13-12(15)16-9-5-3-4-6-10(9)17-13/h3-8H,1-2H3,(H2,15,16). The summed E-state index contributed by atoms with van der Waals surface area (Å²) in [6.45, 7) is 0. The van der Waals surface area contributed by atoms with Crippen LogP contribution in [0, 0.1) is 0 Å². The predicted molar refractivity (Wildman–Crippen MR) is 79.1 cm³/mol. The van der Waals surface area contributed by atoms with Crippen molar-refractivity contribution < 1.29 is 4.79 Å². The summed E-state index contributed by atoms with van der Waals surface area (Å²) in [6.07, 6.45) is 1.64. The molecule has 0 aliphatic rings. The monoisotopic (exact) mass is 282 g/mol. The van der Waals surface area contributed by atoms with Crippen LogP contribution in [0.3, 0.4) is 0 Å².